The van der Waals surface area contributed by atoms with Gasteiger partial charge in [-0.05, 0) is 12.5 Å². The summed E-state index contributed by atoms with van der Waals surface area (Å²) in [6.07, 6.45) is 13.5. The van der Waals surface area contributed by atoms with E-state index in [-0.39, 0.29) is 0 Å². The number of hydrogen-bond acceptors (Lipinski definition) is 1. The van der Waals surface area contributed by atoms with Gasteiger partial charge in [-0.3, -0.25) is 0 Å². The number of aryl methyl sites for hydroxylation is 2. The normalized spacial score (nSPS) is 12.5. The van der Waals surface area contributed by atoms with Crippen LogP contribution in [0.2, 0.25) is 0 Å². The smallest absolute Gasteiger partial charge is 0.168 e. The van der Waals surface area contributed by atoms with Crippen LogP contribution in [0.3, 0.4) is 0 Å². The first kappa shape index (κ1) is 18.7. The van der Waals surface area contributed by atoms with Gasteiger partial charge in [-0.1, -0.05) is 12.1 Å². The van der Waals surface area contributed by atoms with E-state index in [1.807, 2.05) is 0 Å². The van der Waals surface area contributed by atoms with E-state index in [0.717, 1.165) is 13.1 Å². The molecule has 2 heterocycles. The van der Waals surface area contributed by atoms with Gasteiger partial charge in [0.25, 0.3) is 0 Å². The lowest BCUT2D eigenvalue weighted by molar-refractivity contribution is -0.692. The van der Waals surface area contributed by atoms with Crippen LogP contribution in [0.5, 0.6) is 0 Å². The third kappa shape index (κ3) is 7.64. The van der Waals surface area contributed by atoms with E-state index in [2.05, 4.69) is 94.6 Å². The second-order valence-electron chi connectivity index (χ2n) is 5.43. The van der Waals surface area contributed by atoms with Crippen molar-refractivity contribution >= 4 is 30.7 Å². The molecular formula is C18H28N2S3+2. The van der Waals surface area contributed by atoms with Gasteiger partial charge in [0.2, 0.25) is 0 Å². The number of hydrogen-bond donors (Lipinski definition) is 0. The van der Waals surface area contributed by atoms with E-state index in [1.165, 1.54) is 23.0 Å². The van der Waals surface area contributed by atoms with Crippen molar-refractivity contribution in [1.29, 1.82) is 0 Å². The Labute approximate surface area is 149 Å². The fourth-order valence-electron chi connectivity index (χ4n) is 2.23. The van der Waals surface area contributed by atoms with Crippen LogP contribution in [0.25, 0.3) is 0 Å². The molecule has 2 nitrogen and oxygen atoms in total. The van der Waals surface area contributed by atoms with Crippen molar-refractivity contribution in [1.82, 2.24) is 0 Å². The minimum absolute atomic E-state index is 0.527. The zero-order valence-corrected chi connectivity index (χ0v) is 16.6. The van der Waals surface area contributed by atoms with Gasteiger partial charge in [0.1, 0.15) is 0 Å². The molecular weight excluding hydrogens is 340 g/mol. The Kier molecular flexibility index (Phi) is 8.94. The first-order chi connectivity index (χ1) is 11.3. The van der Waals surface area contributed by atoms with Gasteiger partial charge in [0.15, 0.2) is 37.9 Å². The molecule has 0 aliphatic carbocycles. The van der Waals surface area contributed by atoms with Crippen LogP contribution in [0.1, 0.15) is 0 Å². The third-order valence-corrected chi connectivity index (χ3v) is 10.8. The highest BCUT2D eigenvalue weighted by molar-refractivity contribution is 8.43. The molecule has 0 radical (unpaired) electrons. The van der Waals surface area contributed by atoms with Crippen molar-refractivity contribution in [2.75, 3.05) is 35.5 Å². The summed E-state index contributed by atoms with van der Waals surface area (Å²) in [6, 6.07) is 12.6. The molecule has 5 heteroatoms. The maximum absolute atomic E-state index is 2.41. The predicted molar refractivity (Wildman–Crippen MR) is 107 cm³/mol. The van der Waals surface area contributed by atoms with Crippen LogP contribution in [0, 0.1) is 0 Å². The molecule has 126 valence electrons. The number of nitrogens with zero attached hydrogens (tertiary/aromatic N) is 2. The maximum atomic E-state index is 2.41. The maximum Gasteiger partial charge on any atom is 0.168 e. The van der Waals surface area contributed by atoms with Crippen LogP contribution in [0.15, 0.2) is 61.2 Å². The lowest BCUT2D eigenvalue weighted by Gasteiger charge is -2.10. The van der Waals surface area contributed by atoms with E-state index in [9.17, 15) is 0 Å². The van der Waals surface area contributed by atoms with Crippen molar-refractivity contribution in [3.05, 3.63) is 61.2 Å². The van der Waals surface area contributed by atoms with Gasteiger partial charge in [0.05, 0.1) is 11.5 Å². The van der Waals surface area contributed by atoms with Crippen molar-refractivity contribution in [3.63, 3.8) is 0 Å². The van der Waals surface area contributed by atoms with Crippen LogP contribution in [-0.4, -0.2) is 35.5 Å². The van der Waals surface area contributed by atoms with E-state index in [4.69, 9.17) is 0 Å². The van der Waals surface area contributed by atoms with Crippen molar-refractivity contribution in [2.45, 2.75) is 13.1 Å². The fourth-order valence-corrected chi connectivity index (χ4v) is 8.11. The Morgan fingerprint density at radius 1 is 0.696 bits per heavy atom. The fraction of sp³-hybridized carbons (Fsp3) is 0.444. The molecule has 0 fully saturated rings. The average Bonchev–Trinajstić information content (AvgIpc) is 2.59. The molecule has 2 aromatic heterocycles. The Morgan fingerprint density at radius 2 is 1.26 bits per heavy atom. The first-order valence-electron chi connectivity index (χ1n) is 7.97. The Hall–Kier alpha value is -0.650. The highest BCUT2D eigenvalue weighted by atomic mass is 32.9. The molecule has 1 unspecified atom stereocenters. The van der Waals surface area contributed by atoms with Gasteiger partial charge >= 0.3 is 0 Å². The van der Waals surface area contributed by atoms with Gasteiger partial charge in [0, 0.05) is 35.8 Å². The highest BCUT2D eigenvalue weighted by Gasteiger charge is 2.04. The molecule has 0 N–H and O–H groups in total. The van der Waals surface area contributed by atoms with Gasteiger partial charge in [-0.2, -0.15) is 30.7 Å². The quantitative estimate of drug-likeness (QED) is 0.486. The van der Waals surface area contributed by atoms with Crippen LogP contribution < -0.4 is 9.13 Å². The molecule has 0 spiro atoms. The molecule has 2 aromatic rings. The van der Waals surface area contributed by atoms with Crippen LogP contribution >= 0.6 is 11.8 Å². The molecule has 23 heavy (non-hydrogen) atoms. The molecule has 0 saturated heterocycles. The van der Waals surface area contributed by atoms with Gasteiger partial charge < -0.3 is 0 Å². The lowest BCUT2D eigenvalue weighted by atomic mass is 10.5. The average molecular weight is 369 g/mol. The van der Waals surface area contributed by atoms with E-state index >= 15 is 0 Å². The standard InChI is InChI=1S/C18H28N2S3/c1-22(2)23(17-14-20-11-7-4-8-12-20)18-16-21-15-13-19-9-5-3-6-10-19/h3-12H,13-18H2,1-2H3/q+2. The Morgan fingerprint density at radius 3 is 1.83 bits per heavy atom. The molecule has 1 atom stereocenters. The summed E-state index contributed by atoms with van der Waals surface area (Å²) in [7, 11) is 1.08. The van der Waals surface area contributed by atoms with Crippen LogP contribution in [0.4, 0.5) is 0 Å². The summed E-state index contributed by atoms with van der Waals surface area (Å²) in [4.78, 5) is 0. The molecule has 0 aromatic carbocycles. The topological polar surface area (TPSA) is 7.76 Å². The zero-order chi connectivity index (χ0) is 16.3. The Balaban J connectivity index is 1.68. The lowest BCUT2D eigenvalue weighted by Crippen LogP contribution is -2.36. The number of aromatic nitrogens is 2. The van der Waals surface area contributed by atoms with Crippen molar-refractivity contribution in [2.24, 2.45) is 0 Å². The third-order valence-electron chi connectivity index (χ3n) is 3.55. The Bertz CT molecular complexity index is 596. The second kappa shape index (κ2) is 11.0. The largest absolute Gasteiger partial charge is 0.204 e. The van der Waals surface area contributed by atoms with Gasteiger partial charge in [-0.25, -0.2) is 9.13 Å². The molecule has 0 aliphatic rings. The summed E-state index contributed by atoms with van der Waals surface area (Å²) in [5.74, 6) is 5.19. The number of rotatable bonds is 9. The predicted octanol–water partition coefficient (Wildman–Crippen LogP) is 2.11. The summed E-state index contributed by atoms with van der Waals surface area (Å²) in [6.45, 7) is 2.27. The van der Waals surface area contributed by atoms with Crippen LogP contribution in [-0.2, 0) is 32.0 Å². The number of pyridine rings is 2. The molecule has 0 amide bonds. The van der Waals surface area contributed by atoms with E-state index < -0.39 is 0 Å². The number of thioether (sulfide) groups is 1. The summed E-state index contributed by atoms with van der Waals surface area (Å²) < 4.78 is 4.58. The zero-order valence-electron chi connectivity index (χ0n) is 14.1. The molecule has 0 aliphatic heterocycles. The molecule has 0 bridgehead atoms. The van der Waals surface area contributed by atoms with E-state index in [1.54, 1.807) is 0 Å². The van der Waals surface area contributed by atoms with Gasteiger partial charge in [-0.15, -0.1) is 0 Å². The summed E-state index contributed by atoms with van der Waals surface area (Å²) in [5.41, 5.74) is 0. The second-order valence-corrected chi connectivity index (χ2v) is 13.2. The highest BCUT2D eigenvalue weighted by Crippen LogP contribution is 2.03. The minimum Gasteiger partial charge on any atom is -0.204 e. The minimum atomic E-state index is 0.527. The molecule has 0 saturated carbocycles. The molecule has 2 rings (SSSR count). The monoisotopic (exact) mass is 368 g/mol. The van der Waals surface area contributed by atoms with Crippen molar-refractivity contribution < 1.29 is 9.13 Å². The first-order valence-corrected chi connectivity index (χ1v) is 13.2. The van der Waals surface area contributed by atoms with E-state index in [0.29, 0.717) is 18.9 Å². The summed E-state index contributed by atoms with van der Waals surface area (Å²) in [5, 5.41) is 0. The SMILES string of the molecule is CS(C)=S(CCSCC[n+]1ccccc1)CC[n+]1ccccc1. The summed E-state index contributed by atoms with van der Waals surface area (Å²) >= 11 is 2.10. The van der Waals surface area contributed by atoms with Crippen molar-refractivity contribution in [3.8, 4) is 0 Å².